The van der Waals surface area contributed by atoms with Crippen LogP contribution in [0.2, 0.25) is 5.02 Å². The van der Waals surface area contributed by atoms with Crippen LogP contribution in [0, 0.1) is 11.8 Å². The molecule has 1 amide bonds. The number of ether oxygens (including phenoxy) is 2. The Labute approximate surface area is 261 Å². The second-order valence-corrected chi connectivity index (χ2v) is 11.6. The van der Waals surface area contributed by atoms with Crippen molar-refractivity contribution < 1.29 is 19.4 Å². The summed E-state index contributed by atoms with van der Waals surface area (Å²) in [5.74, 6) is 0.694. The highest BCUT2D eigenvalue weighted by Gasteiger charge is 2.30. The molecule has 43 heavy (non-hydrogen) atoms. The van der Waals surface area contributed by atoms with Crippen molar-refractivity contribution in [2.45, 2.75) is 57.8 Å². The molecular formula is C37H44ClNO4. The number of hydrogen-bond acceptors (Lipinski definition) is 4. The topological polar surface area (TPSA) is 67.8 Å². The van der Waals surface area contributed by atoms with E-state index in [4.69, 9.17) is 21.1 Å². The first-order valence-electron chi connectivity index (χ1n) is 15.3. The SMILES string of the molecule is CCCC(C1C=CCC(C(=O)NCCC(O)OC)=CC1)C(COCc1ccc(-c2ccccc2)cc1)c1ccc(Cl)cc1. The molecule has 1 aliphatic carbocycles. The van der Waals surface area contributed by atoms with E-state index in [0.29, 0.717) is 38.5 Å². The number of rotatable bonds is 15. The van der Waals surface area contributed by atoms with E-state index in [-0.39, 0.29) is 17.7 Å². The minimum absolute atomic E-state index is 0.0866. The molecule has 3 aromatic rings. The summed E-state index contributed by atoms with van der Waals surface area (Å²) >= 11 is 6.27. The lowest BCUT2D eigenvalue weighted by Crippen LogP contribution is -2.28. The van der Waals surface area contributed by atoms with Gasteiger partial charge in [-0.1, -0.05) is 110 Å². The number of methoxy groups -OCH3 is 1. The van der Waals surface area contributed by atoms with Gasteiger partial charge in [0.2, 0.25) is 5.91 Å². The molecule has 0 aromatic heterocycles. The predicted molar refractivity (Wildman–Crippen MR) is 175 cm³/mol. The molecule has 0 radical (unpaired) electrons. The maximum absolute atomic E-state index is 12.8. The summed E-state index contributed by atoms with van der Waals surface area (Å²) in [4.78, 5) is 12.8. The summed E-state index contributed by atoms with van der Waals surface area (Å²) in [5, 5.41) is 13.2. The van der Waals surface area contributed by atoms with Crippen LogP contribution in [0.3, 0.4) is 0 Å². The van der Waals surface area contributed by atoms with Crippen LogP contribution in [-0.4, -0.2) is 37.6 Å². The summed E-state index contributed by atoms with van der Waals surface area (Å²) in [6, 6.07) is 27.1. The summed E-state index contributed by atoms with van der Waals surface area (Å²) in [5.41, 5.74) is 5.53. The number of carbonyl (C=O) groups is 1. The third-order valence-electron chi connectivity index (χ3n) is 8.21. The lowest BCUT2D eigenvalue weighted by molar-refractivity contribution is -0.118. The molecule has 6 heteroatoms. The number of allylic oxidation sites excluding steroid dienone is 3. The van der Waals surface area contributed by atoms with Crippen LogP contribution in [0.1, 0.15) is 56.1 Å². The van der Waals surface area contributed by atoms with Crippen molar-refractivity contribution in [1.29, 1.82) is 0 Å². The van der Waals surface area contributed by atoms with Crippen LogP contribution in [0.5, 0.6) is 0 Å². The van der Waals surface area contributed by atoms with Gasteiger partial charge in [-0.15, -0.1) is 0 Å². The Hall–Kier alpha value is -3.22. The third-order valence-corrected chi connectivity index (χ3v) is 8.46. The first-order valence-corrected chi connectivity index (χ1v) is 15.7. The van der Waals surface area contributed by atoms with Gasteiger partial charge in [0.15, 0.2) is 6.29 Å². The van der Waals surface area contributed by atoms with Crippen molar-refractivity contribution in [3.63, 3.8) is 0 Å². The fourth-order valence-electron chi connectivity index (χ4n) is 5.81. The molecule has 0 saturated heterocycles. The number of carbonyl (C=O) groups excluding carboxylic acids is 1. The van der Waals surface area contributed by atoms with E-state index in [1.807, 2.05) is 18.2 Å². The quantitative estimate of drug-likeness (QED) is 0.136. The van der Waals surface area contributed by atoms with Gasteiger partial charge in [0.05, 0.1) is 13.2 Å². The van der Waals surface area contributed by atoms with E-state index in [1.165, 1.54) is 23.8 Å². The number of halogens is 1. The van der Waals surface area contributed by atoms with Crippen LogP contribution in [0.4, 0.5) is 0 Å². The highest BCUT2D eigenvalue weighted by atomic mass is 35.5. The Kier molecular flexibility index (Phi) is 13.1. The van der Waals surface area contributed by atoms with Gasteiger partial charge in [-0.05, 0) is 65.5 Å². The molecule has 4 unspecified atom stereocenters. The van der Waals surface area contributed by atoms with Crippen LogP contribution in [-0.2, 0) is 20.9 Å². The normalized spacial score (nSPS) is 17.0. The van der Waals surface area contributed by atoms with Gasteiger partial charge in [-0.25, -0.2) is 0 Å². The number of benzene rings is 3. The van der Waals surface area contributed by atoms with E-state index in [9.17, 15) is 9.90 Å². The van der Waals surface area contributed by atoms with E-state index < -0.39 is 6.29 Å². The maximum Gasteiger partial charge on any atom is 0.247 e. The number of amides is 1. The highest BCUT2D eigenvalue weighted by Crippen LogP contribution is 2.38. The molecule has 2 N–H and O–H groups in total. The highest BCUT2D eigenvalue weighted by molar-refractivity contribution is 6.30. The maximum atomic E-state index is 12.8. The van der Waals surface area contributed by atoms with E-state index in [1.54, 1.807) is 0 Å². The van der Waals surface area contributed by atoms with Gasteiger partial charge >= 0.3 is 0 Å². The zero-order valence-corrected chi connectivity index (χ0v) is 26.0. The van der Waals surface area contributed by atoms with E-state index in [0.717, 1.165) is 35.4 Å². The fourth-order valence-corrected chi connectivity index (χ4v) is 5.93. The standard InChI is InChI=1S/C37H44ClNO4/c1-3-8-34(30-11-7-12-32(18-17-30)37(41)39-24-23-36(40)42-2)35(31-19-21-33(38)22-20-31)26-43-25-27-13-15-29(16-14-27)28-9-5-4-6-10-28/h4-7,9-11,13-16,18-22,30,34-36,40H,3,8,12,17,23-26H2,1-2H3,(H,39,41). The van der Waals surface area contributed by atoms with Crippen LogP contribution < -0.4 is 5.32 Å². The monoisotopic (exact) mass is 601 g/mol. The molecule has 1 aliphatic rings. The average molecular weight is 602 g/mol. The Morgan fingerprint density at radius 2 is 1.72 bits per heavy atom. The van der Waals surface area contributed by atoms with Crippen LogP contribution >= 0.6 is 11.6 Å². The van der Waals surface area contributed by atoms with Gasteiger partial charge in [0.1, 0.15) is 0 Å². The zero-order chi connectivity index (χ0) is 30.4. The fraction of sp³-hybridized carbons (Fsp3) is 0.378. The largest absolute Gasteiger partial charge is 0.376 e. The van der Waals surface area contributed by atoms with Crippen molar-refractivity contribution in [2.24, 2.45) is 11.8 Å². The molecule has 4 atom stereocenters. The number of hydrogen-bond donors (Lipinski definition) is 2. The van der Waals surface area contributed by atoms with Crippen molar-refractivity contribution in [2.75, 3.05) is 20.3 Å². The lowest BCUT2D eigenvalue weighted by atomic mass is 9.74. The first-order chi connectivity index (χ1) is 21.0. The lowest BCUT2D eigenvalue weighted by Gasteiger charge is -2.32. The molecular weight excluding hydrogens is 558 g/mol. The second-order valence-electron chi connectivity index (χ2n) is 11.2. The molecule has 0 fully saturated rings. The molecule has 5 nitrogen and oxygen atoms in total. The molecule has 3 aromatic carbocycles. The Morgan fingerprint density at radius 1 is 1.00 bits per heavy atom. The minimum atomic E-state index is -0.872. The van der Waals surface area contributed by atoms with Crippen molar-refractivity contribution in [3.05, 3.63) is 119 Å². The number of aliphatic hydroxyl groups is 1. The van der Waals surface area contributed by atoms with Crippen LogP contribution in [0.25, 0.3) is 11.1 Å². The smallest absolute Gasteiger partial charge is 0.247 e. The van der Waals surface area contributed by atoms with Crippen LogP contribution in [0.15, 0.2) is 103 Å². The molecule has 0 aliphatic heterocycles. The molecule has 0 saturated carbocycles. The Balaban J connectivity index is 1.45. The summed E-state index contributed by atoms with van der Waals surface area (Å²) in [7, 11) is 1.45. The minimum Gasteiger partial charge on any atom is -0.376 e. The van der Waals surface area contributed by atoms with Gasteiger partial charge < -0.3 is 19.9 Å². The first kappa shape index (κ1) is 32.7. The summed E-state index contributed by atoms with van der Waals surface area (Å²) in [6.07, 6.45) is 9.46. The summed E-state index contributed by atoms with van der Waals surface area (Å²) < 4.78 is 11.3. The van der Waals surface area contributed by atoms with Crippen molar-refractivity contribution in [1.82, 2.24) is 5.32 Å². The zero-order valence-electron chi connectivity index (χ0n) is 25.3. The molecule has 0 spiro atoms. The Morgan fingerprint density at radius 3 is 2.42 bits per heavy atom. The van der Waals surface area contributed by atoms with Crippen molar-refractivity contribution >= 4 is 17.5 Å². The summed E-state index contributed by atoms with van der Waals surface area (Å²) in [6.45, 7) is 3.73. The van der Waals surface area contributed by atoms with Gasteiger partial charge in [-0.3, -0.25) is 4.79 Å². The average Bonchev–Trinajstić information content (AvgIpc) is 3.30. The number of aliphatic hydroxyl groups excluding tert-OH is 1. The molecule has 228 valence electrons. The van der Waals surface area contributed by atoms with Gasteiger partial charge in [-0.2, -0.15) is 0 Å². The molecule has 4 rings (SSSR count). The van der Waals surface area contributed by atoms with E-state index >= 15 is 0 Å². The van der Waals surface area contributed by atoms with Gasteiger partial charge in [0.25, 0.3) is 0 Å². The second kappa shape index (κ2) is 17.2. The molecule has 0 heterocycles. The van der Waals surface area contributed by atoms with E-state index in [2.05, 4.69) is 91.1 Å². The van der Waals surface area contributed by atoms with Crippen molar-refractivity contribution in [3.8, 4) is 11.1 Å². The predicted octanol–water partition coefficient (Wildman–Crippen LogP) is 8.09. The third kappa shape index (κ3) is 9.90. The number of nitrogens with one attached hydrogen (secondary N) is 1. The Bertz CT molecular complexity index is 1320. The van der Waals surface area contributed by atoms with Gasteiger partial charge in [0, 0.05) is 36.6 Å². The molecule has 0 bridgehead atoms.